The Kier molecular flexibility index (Phi) is 8.38. The molecule has 0 saturated heterocycles. The Hall–Kier alpha value is -4.08. The smallest absolute Gasteiger partial charge is 0.319 e. The second kappa shape index (κ2) is 11.2. The summed E-state index contributed by atoms with van der Waals surface area (Å²) in [7, 11) is 1.51. The molecule has 10 nitrogen and oxygen atoms in total. The molecule has 10 heteroatoms. The number of carbonyl (C=O) groups is 3. The van der Waals surface area contributed by atoms with Gasteiger partial charge in [0.25, 0.3) is 0 Å². The van der Waals surface area contributed by atoms with E-state index in [1.165, 1.54) is 7.11 Å². The Bertz CT molecular complexity index is 945. The lowest BCUT2D eigenvalue weighted by Gasteiger charge is -2.20. The van der Waals surface area contributed by atoms with Gasteiger partial charge in [-0.1, -0.05) is 12.1 Å². The number of carboxylic acid groups (broad SMARTS) is 1. The number of carboxylic acids is 1. The number of hydrogen-bond acceptors (Lipinski definition) is 5. The molecule has 31 heavy (non-hydrogen) atoms. The van der Waals surface area contributed by atoms with Crippen LogP contribution in [0.5, 0.6) is 5.75 Å². The number of amidine groups is 1. The molecule has 0 heterocycles. The van der Waals surface area contributed by atoms with Crippen LogP contribution in [-0.2, 0) is 9.59 Å². The summed E-state index contributed by atoms with van der Waals surface area (Å²) >= 11 is 0. The Morgan fingerprint density at radius 3 is 2.48 bits per heavy atom. The highest BCUT2D eigenvalue weighted by atomic mass is 16.5. The average molecular weight is 427 g/mol. The van der Waals surface area contributed by atoms with Gasteiger partial charge in [0.2, 0.25) is 5.91 Å². The van der Waals surface area contributed by atoms with Crippen molar-refractivity contribution in [2.24, 2.45) is 5.73 Å². The molecule has 0 saturated carbocycles. The summed E-state index contributed by atoms with van der Waals surface area (Å²) in [5.41, 5.74) is 7.08. The first-order valence-corrected chi connectivity index (χ1v) is 9.43. The number of hydrogen-bond donors (Lipinski definition) is 6. The number of nitrogens with one attached hydrogen (secondary N) is 4. The minimum atomic E-state index is -1.02. The van der Waals surface area contributed by atoms with Gasteiger partial charge in [0.1, 0.15) is 11.6 Å². The Labute approximate surface area is 179 Å². The lowest BCUT2D eigenvalue weighted by molar-refractivity contribution is -0.136. The molecule has 0 fully saturated rings. The Morgan fingerprint density at radius 1 is 1.16 bits per heavy atom. The fourth-order valence-electron chi connectivity index (χ4n) is 2.74. The number of urea groups is 1. The number of ether oxygens (including phenoxy) is 1. The Morgan fingerprint density at radius 2 is 1.87 bits per heavy atom. The van der Waals surface area contributed by atoms with Crippen molar-refractivity contribution in [1.82, 2.24) is 10.6 Å². The molecule has 0 aliphatic rings. The quantitative estimate of drug-likeness (QED) is 0.250. The standard InChI is InChI=1S/C21H25N5O5/c1-31-16-4-2-3-14(11-16)17(12-18(27)24-10-9-19(28)29)26-21(30)25-15-7-5-13(6-8-15)20(22)23/h2-8,11,17H,9-10,12H2,1H3,(H3,22,23)(H,24,27)(H,28,29)(H2,25,26,30). The van der Waals surface area contributed by atoms with Gasteiger partial charge in [0.05, 0.1) is 26.0 Å². The minimum Gasteiger partial charge on any atom is -0.497 e. The van der Waals surface area contributed by atoms with Crippen LogP contribution >= 0.6 is 0 Å². The van der Waals surface area contributed by atoms with E-state index in [-0.39, 0.29) is 25.2 Å². The summed E-state index contributed by atoms with van der Waals surface area (Å²) in [6, 6.07) is 12.1. The van der Waals surface area contributed by atoms with Crippen molar-refractivity contribution in [3.05, 3.63) is 59.7 Å². The molecular formula is C21H25N5O5. The number of nitrogen functional groups attached to an aromatic ring is 1. The molecule has 0 radical (unpaired) electrons. The molecule has 1 unspecified atom stereocenters. The van der Waals surface area contributed by atoms with Gasteiger partial charge in [-0.05, 0) is 42.0 Å². The summed E-state index contributed by atoms with van der Waals surface area (Å²) in [5, 5.41) is 24.0. The maximum atomic E-state index is 12.5. The molecule has 0 aromatic heterocycles. The molecule has 1 atom stereocenters. The number of nitrogens with two attached hydrogens (primary N) is 1. The number of aliphatic carboxylic acids is 1. The first-order valence-electron chi connectivity index (χ1n) is 9.43. The summed E-state index contributed by atoms with van der Waals surface area (Å²) in [6.45, 7) is -0.00626. The number of rotatable bonds is 10. The van der Waals surface area contributed by atoms with Crippen molar-refractivity contribution < 1.29 is 24.2 Å². The van der Waals surface area contributed by atoms with E-state index >= 15 is 0 Å². The van der Waals surface area contributed by atoms with Crippen LogP contribution in [0.15, 0.2) is 48.5 Å². The van der Waals surface area contributed by atoms with Crippen LogP contribution in [0, 0.1) is 5.41 Å². The lowest BCUT2D eigenvalue weighted by Crippen LogP contribution is -2.36. The third kappa shape index (κ3) is 7.69. The fourth-order valence-corrected chi connectivity index (χ4v) is 2.74. The van der Waals surface area contributed by atoms with E-state index in [1.807, 2.05) is 0 Å². The van der Waals surface area contributed by atoms with Crippen molar-refractivity contribution in [1.29, 1.82) is 5.41 Å². The largest absolute Gasteiger partial charge is 0.497 e. The molecule has 0 bridgehead atoms. The highest BCUT2D eigenvalue weighted by molar-refractivity contribution is 5.96. The summed E-state index contributed by atoms with van der Waals surface area (Å²) in [5.74, 6) is -0.933. The zero-order valence-corrected chi connectivity index (χ0v) is 17.0. The van der Waals surface area contributed by atoms with E-state index in [2.05, 4.69) is 16.0 Å². The monoisotopic (exact) mass is 427 g/mol. The first kappa shape index (κ1) is 23.2. The van der Waals surface area contributed by atoms with E-state index in [0.29, 0.717) is 22.6 Å². The molecular weight excluding hydrogens is 402 g/mol. The zero-order chi connectivity index (χ0) is 22.8. The van der Waals surface area contributed by atoms with E-state index in [1.54, 1.807) is 48.5 Å². The van der Waals surface area contributed by atoms with Gasteiger partial charge in [0, 0.05) is 17.8 Å². The van der Waals surface area contributed by atoms with Gasteiger partial charge in [0.15, 0.2) is 0 Å². The highest BCUT2D eigenvalue weighted by Gasteiger charge is 2.19. The SMILES string of the molecule is COc1cccc(C(CC(=O)NCCC(=O)O)NC(=O)Nc2ccc(C(=N)N)cc2)c1. The number of anilines is 1. The van der Waals surface area contributed by atoms with Gasteiger partial charge in [-0.3, -0.25) is 15.0 Å². The summed E-state index contributed by atoms with van der Waals surface area (Å²) < 4.78 is 5.21. The van der Waals surface area contributed by atoms with Gasteiger partial charge < -0.3 is 31.5 Å². The van der Waals surface area contributed by atoms with Crippen LogP contribution in [0.4, 0.5) is 10.5 Å². The third-order valence-electron chi connectivity index (χ3n) is 4.31. The van der Waals surface area contributed by atoms with Crippen LogP contribution in [0.25, 0.3) is 0 Å². The maximum Gasteiger partial charge on any atom is 0.319 e. The van der Waals surface area contributed by atoms with Crippen LogP contribution < -0.4 is 26.4 Å². The number of amides is 3. The van der Waals surface area contributed by atoms with Crippen molar-refractivity contribution in [2.75, 3.05) is 19.0 Å². The second-order valence-corrected chi connectivity index (χ2v) is 6.62. The van der Waals surface area contributed by atoms with Crippen LogP contribution in [0.3, 0.4) is 0 Å². The molecule has 0 aliphatic carbocycles. The van der Waals surface area contributed by atoms with Crippen molar-refractivity contribution in [3.63, 3.8) is 0 Å². The predicted molar refractivity (Wildman–Crippen MR) is 115 cm³/mol. The molecule has 2 aromatic rings. The second-order valence-electron chi connectivity index (χ2n) is 6.62. The van der Waals surface area contributed by atoms with E-state index in [4.69, 9.17) is 21.0 Å². The van der Waals surface area contributed by atoms with E-state index < -0.39 is 23.9 Å². The summed E-state index contributed by atoms with van der Waals surface area (Å²) in [4.78, 5) is 35.4. The number of benzene rings is 2. The molecule has 164 valence electrons. The Balaban J connectivity index is 2.09. The molecule has 0 aliphatic heterocycles. The van der Waals surface area contributed by atoms with Gasteiger partial charge in [-0.15, -0.1) is 0 Å². The zero-order valence-electron chi connectivity index (χ0n) is 17.0. The summed E-state index contributed by atoms with van der Waals surface area (Å²) in [6.07, 6.45) is -0.288. The van der Waals surface area contributed by atoms with Crippen LogP contribution in [0.1, 0.15) is 30.0 Å². The van der Waals surface area contributed by atoms with Gasteiger partial charge >= 0.3 is 12.0 Å². The highest BCUT2D eigenvalue weighted by Crippen LogP contribution is 2.22. The third-order valence-corrected chi connectivity index (χ3v) is 4.31. The van der Waals surface area contributed by atoms with Gasteiger partial charge in [-0.2, -0.15) is 0 Å². The number of carbonyl (C=O) groups excluding carboxylic acids is 2. The molecule has 0 spiro atoms. The van der Waals surface area contributed by atoms with E-state index in [0.717, 1.165) is 0 Å². The normalized spacial score (nSPS) is 11.1. The lowest BCUT2D eigenvalue weighted by atomic mass is 10.0. The van der Waals surface area contributed by atoms with Crippen molar-refractivity contribution in [2.45, 2.75) is 18.9 Å². The minimum absolute atomic E-state index is 0.00626. The van der Waals surface area contributed by atoms with Crippen molar-refractivity contribution in [3.8, 4) is 5.75 Å². The van der Waals surface area contributed by atoms with Gasteiger partial charge in [-0.25, -0.2) is 4.79 Å². The van der Waals surface area contributed by atoms with Crippen molar-refractivity contribution >= 4 is 29.4 Å². The van der Waals surface area contributed by atoms with Crippen LogP contribution in [-0.4, -0.2) is 42.5 Å². The maximum absolute atomic E-state index is 12.5. The molecule has 2 aromatic carbocycles. The number of methoxy groups -OCH3 is 1. The fraction of sp³-hybridized carbons (Fsp3) is 0.238. The average Bonchev–Trinajstić information content (AvgIpc) is 2.73. The molecule has 3 amide bonds. The molecule has 2 rings (SSSR count). The van der Waals surface area contributed by atoms with Crippen LogP contribution in [0.2, 0.25) is 0 Å². The molecule has 7 N–H and O–H groups in total. The van der Waals surface area contributed by atoms with E-state index in [9.17, 15) is 14.4 Å². The first-order chi connectivity index (χ1) is 14.8. The predicted octanol–water partition coefficient (Wildman–Crippen LogP) is 1.82. The topological polar surface area (TPSA) is 167 Å².